The van der Waals surface area contributed by atoms with Crippen LogP contribution < -0.4 is 15.2 Å². The van der Waals surface area contributed by atoms with E-state index in [1.165, 1.54) is 20.3 Å². The summed E-state index contributed by atoms with van der Waals surface area (Å²) >= 11 is 0. The van der Waals surface area contributed by atoms with E-state index in [4.69, 9.17) is 20.3 Å². The number of ether oxygens (including phenoxy) is 2. The molecule has 1 rings (SSSR count). The van der Waals surface area contributed by atoms with Gasteiger partial charge in [-0.25, -0.2) is 0 Å². The van der Waals surface area contributed by atoms with Gasteiger partial charge in [-0.2, -0.15) is 0 Å². The SMILES string of the molecule is COc1ccc([N+](=O)[O-])c([C@H](N)C(=O)O)c1OC. The standard InChI is InChI=1S/C10H12N2O6/c1-17-6-4-3-5(12(15)16)7(9(6)18-2)8(11)10(13)14/h3-4,8H,11H2,1-2H3,(H,13,14)/t8-/m0/s1. The van der Waals surface area contributed by atoms with Crippen LogP contribution in [0.4, 0.5) is 5.69 Å². The van der Waals surface area contributed by atoms with Crippen molar-refractivity contribution >= 4 is 11.7 Å². The summed E-state index contributed by atoms with van der Waals surface area (Å²) in [7, 11) is 2.58. The minimum atomic E-state index is -1.57. The minimum absolute atomic E-state index is 0.0541. The number of methoxy groups -OCH3 is 2. The summed E-state index contributed by atoms with van der Waals surface area (Å²) in [6, 6.07) is 0.865. The van der Waals surface area contributed by atoms with E-state index in [-0.39, 0.29) is 17.1 Å². The Morgan fingerprint density at radius 1 is 1.44 bits per heavy atom. The van der Waals surface area contributed by atoms with Gasteiger partial charge in [-0.3, -0.25) is 14.9 Å². The molecule has 0 heterocycles. The van der Waals surface area contributed by atoms with Crippen molar-refractivity contribution < 1.29 is 24.3 Å². The lowest BCUT2D eigenvalue weighted by atomic mass is 10.0. The number of rotatable bonds is 5. The van der Waals surface area contributed by atoms with Crippen LogP contribution in [0.1, 0.15) is 11.6 Å². The number of nitro benzene ring substituents is 1. The first-order valence-electron chi connectivity index (χ1n) is 4.81. The van der Waals surface area contributed by atoms with E-state index >= 15 is 0 Å². The van der Waals surface area contributed by atoms with Gasteiger partial charge < -0.3 is 20.3 Å². The van der Waals surface area contributed by atoms with Crippen LogP contribution in [0.25, 0.3) is 0 Å². The molecule has 3 N–H and O–H groups in total. The molecule has 1 atom stereocenters. The maximum absolute atomic E-state index is 10.9. The molecular weight excluding hydrogens is 244 g/mol. The molecular formula is C10H12N2O6. The summed E-state index contributed by atoms with van der Waals surface area (Å²) in [6.07, 6.45) is 0. The topological polar surface area (TPSA) is 125 Å². The Kier molecular flexibility index (Phi) is 4.05. The van der Waals surface area contributed by atoms with Gasteiger partial charge in [0.1, 0.15) is 11.6 Å². The molecule has 1 aromatic carbocycles. The molecule has 0 saturated heterocycles. The largest absolute Gasteiger partial charge is 0.493 e. The third kappa shape index (κ3) is 2.33. The molecule has 0 aliphatic carbocycles. The molecule has 0 aliphatic heterocycles. The van der Waals surface area contributed by atoms with Crippen molar-refractivity contribution in [2.24, 2.45) is 5.73 Å². The first-order chi connectivity index (χ1) is 8.43. The Morgan fingerprint density at radius 3 is 2.44 bits per heavy atom. The molecule has 1 aromatic rings. The zero-order valence-electron chi connectivity index (χ0n) is 9.75. The smallest absolute Gasteiger partial charge is 0.325 e. The Balaban J connectivity index is 3.58. The number of carboxylic acids is 1. The van der Waals surface area contributed by atoms with E-state index in [1.807, 2.05) is 0 Å². The number of carboxylic acid groups (broad SMARTS) is 1. The van der Waals surface area contributed by atoms with Crippen LogP contribution in [0.5, 0.6) is 11.5 Å². The first kappa shape index (κ1) is 13.7. The molecule has 0 amide bonds. The number of aliphatic carboxylic acids is 1. The van der Waals surface area contributed by atoms with E-state index in [2.05, 4.69) is 0 Å². The van der Waals surface area contributed by atoms with Crippen molar-refractivity contribution in [2.75, 3.05) is 14.2 Å². The number of hydrogen-bond donors (Lipinski definition) is 2. The summed E-state index contributed by atoms with van der Waals surface area (Å²) in [5, 5.41) is 19.8. The molecule has 0 unspecified atom stereocenters. The van der Waals surface area contributed by atoms with E-state index in [0.29, 0.717) is 0 Å². The summed E-state index contributed by atoms with van der Waals surface area (Å²) in [5.41, 5.74) is 4.78. The van der Waals surface area contributed by atoms with E-state index in [0.717, 1.165) is 6.07 Å². The summed E-state index contributed by atoms with van der Waals surface area (Å²) in [5.74, 6) is -1.28. The van der Waals surface area contributed by atoms with Gasteiger partial charge in [0.05, 0.1) is 19.1 Å². The predicted molar refractivity (Wildman–Crippen MR) is 60.8 cm³/mol. The fourth-order valence-corrected chi connectivity index (χ4v) is 1.52. The highest BCUT2D eigenvalue weighted by molar-refractivity contribution is 5.79. The second-order valence-corrected chi connectivity index (χ2v) is 3.31. The van der Waals surface area contributed by atoms with Crippen LogP contribution in [0.3, 0.4) is 0 Å². The number of nitrogens with zero attached hydrogens (tertiary/aromatic N) is 1. The van der Waals surface area contributed by atoms with E-state index in [1.54, 1.807) is 0 Å². The normalized spacial score (nSPS) is 11.7. The van der Waals surface area contributed by atoms with Gasteiger partial charge in [-0.1, -0.05) is 0 Å². The summed E-state index contributed by atoms with van der Waals surface area (Å²) < 4.78 is 9.90. The fraction of sp³-hybridized carbons (Fsp3) is 0.300. The van der Waals surface area contributed by atoms with Crippen LogP contribution >= 0.6 is 0 Å². The molecule has 0 spiro atoms. The first-order valence-corrected chi connectivity index (χ1v) is 4.81. The van der Waals surface area contributed by atoms with Crippen LogP contribution in [0, 0.1) is 10.1 Å². The molecule has 0 aliphatic rings. The molecule has 0 aromatic heterocycles. The van der Waals surface area contributed by atoms with E-state index < -0.39 is 22.6 Å². The van der Waals surface area contributed by atoms with Crippen LogP contribution in [0.2, 0.25) is 0 Å². The van der Waals surface area contributed by atoms with Crippen molar-refractivity contribution in [2.45, 2.75) is 6.04 Å². The molecule has 0 fully saturated rings. The molecule has 98 valence electrons. The molecule has 0 saturated carbocycles. The third-order valence-corrected chi connectivity index (χ3v) is 2.33. The number of nitro groups is 1. The molecule has 8 heteroatoms. The number of carbonyl (C=O) groups is 1. The van der Waals surface area contributed by atoms with Gasteiger partial charge in [-0.15, -0.1) is 0 Å². The molecule has 8 nitrogen and oxygen atoms in total. The minimum Gasteiger partial charge on any atom is -0.493 e. The molecule has 0 bridgehead atoms. The Labute approximate surface area is 102 Å². The van der Waals surface area contributed by atoms with Gasteiger partial charge >= 0.3 is 5.97 Å². The second-order valence-electron chi connectivity index (χ2n) is 3.31. The lowest BCUT2D eigenvalue weighted by Gasteiger charge is -2.15. The fourth-order valence-electron chi connectivity index (χ4n) is 1.52. The van der Waals surface area contributed by atoms with Crippen LogP contribution in [-0.4, -0.2) is 30.2 Å². The highest BCUT2D eigenvalue weighted by Gasteiger charge is 2.31. The highest BCUT2D eigenvalue weighted by atomic mass is 16.6. The van der Waals surface area contributed by atoms with Crippen LogP contribution in [-0.2, 0) is 4.79 Å². The van der Waals surface area contributed by atoms with E-state index in [9.17, 15) is 14.9 Å². The van der Waals surface area contributed by atoms with Crippen molar-refractivity contribution in [3.8, 4) is 11.5 Å². The third-order valence-electron chi connectivity index (χ3n) is 2.33. The van der Waals surface area contributed by atoms with Crippen molar-refractivity contribution in [3.05, 3.63) is 27.8 Å². The van der Waals surface area contributed by atoms with Gasteiger partial charge in [0.15, 0.2) is 11.5 Å². The lowest BCUT2D eigenvalue weighted by molar-refractivity contribution is -0.385. The van der Waals surface area contributed by atoms with Crippen molar-refractivity contribution in [1.82, 2.24) is 0 Å². The quantitative estimate of drug-likeness (QED) is 0.586. The Hall–Kier alpha value is -2.35. The van der Waals surface area contributed by atoms with Crippen molar-refractivity contribution in [3.63, 3.8) is 0 Å². The maximum atomic E-state index is 10.9. The van der Waals surface area contributed by atoms with Crippen molar-refractivity contribution in [1.29, 1.82) is 0 Å². The molecule has 0 radical (unpaired) electrons. The number of benzene rings is 1. The monoisotopic (exact) mass is 256 g/mol. The van der Waals surface area contributed by atoms with Gasteiger partial charge in [0.25, 0.3) is 5.69 Å². The van der Waals surface area contributed by atoms with Gasteiger partial charge in [0, 0.05) is 6.07 Å². The van der Waals surface area contributed by atoms with Crippen LogP contribution in [0.15, 0.2) is 12.1 Å². The Morgan fingerprint density at radius 2 is 2.06 bits per heavy atom. The summed E-state index contributed by atoms with van der Waals surface area (Å²) in [4.78, 5) is 21.1. The van der Waals surface area contributed by atoms with Gasteiger partial charge in [-0.05, 0) is 6.07 Å². The second kappa shape index (κ2) is 5.32. The summed E-state index contributed by atoms with van der Waals surface area (Å²) in [6.45, 7) is 0. The zero-order valence-corrected chi connectivity index (χ0v) is 9.75. The predicted octanol–water partition coefficient (Wildman–Crippen LogP) is 0.696. The number of nitrogens with two attached hydrogens (primary N) is 1. The maximum Gasteiger partial charge on any atom is 0.325 e. The Bertz CT molecular complexity index is 488. The highest BCUT2D eigenvalue weighted by Crippen LogP contribution is 2.40. The van der Waals surface area contributed by atoms with Gasteiger partial charge in [0.2, 0.25) is 0 Å². The lowest BCUT2D eigenvalue weighted by Crippen LogP contribution is -2.22. The molecule has 18 heavy (non-hydrogen) atoms. The number of hydrogen-bond acceptors (Lipinski definition) is 6. The zero-order chi connectivity index (χ0) is 13.9. The average molecular weight is 256 g/mol. The average Bonchev–Trinajstić information content (AvgIpc) is 2.35.